The molecule has 2 fully saturated rings. The zero-order chi connectivity index (χ0) is 36.1. The van der Waals surface area contributed by atoms with Crippen molar-refractivity contribution in [3.63, 3.8) is 0 Å². The predicted octanol–water partition coefficient (Wildman–Crippen LogP) is 3.94. The van der Waals surface area contributed by atoms with Crippen LogP contribution in [-0.2, 0) is 41.5 Å². The quantitative estimate of drug-likeness (QED) is 0.301. The van der Waals surface area contributed by atoms with Gasteiger partial charge in [-0.2, -0.15) is 0 Å². The number of carbonyl (C=O) groups excluding carboxylic acids is 2. The Morgan fingerprint density at radius 1 is 1.14 bits per heavy atom. The number of fused-ring (bicyclic) bond motifs is 1. The second-order valence-electron chi connectivity index (χ2n) is 15.9. The highest BCUT2D eigenvalue weighted by molar-refractivity contribution is 6.04. The molecule has 0 unspecified atom stereocenters. The molecule has 1 N–H and O–H groups in total. The second kappa shape index (κ2) is 17.0. The van der Waals surface area contributed by atoms with Gasteiger partial charge in [0.2, 0.25) is 0 Å². The Bertz CT molecular complexity index is 1250. The Labute approximate surface area is 295 Å². The molecule has 0 aliphatic carbocycles. The van der Waals surface area contributed by atoms with Crippen molar-refractivity contribution >= 4 is 11.8 Å². The van der Waals surface area contributed by atoms with Crippen LogP contribution < -0.4 is 0 Å². The van der Waals surface area contributed by atoms with Crippen LogP contribution >= 0.6 is 0 Å². The van der Waals surface area contributed by atoms with Gasteiger partial charge in [0.1, 0.15) is 18.1 Å². The molecule has 3 aliphatic rings. The fourth-order valence-electron chi connectivity index (χ4n) is 8.30. The molecular weight excluding hydrogens is 624 g/mol. The van der Waals surface area contributed by atoms with E-state index < -0.39 is 41.4 Å². The van der Waals surface area contributed by atoms with E-state index in [-0.39, 0.29) is 36.5 Å². The molecule has 11 heteroatoms. The number of rotatable bonds is 9. The largest absolute Gasteiger partial charge is 0.463 e. The summed E-state index contributed by atoms with van der Waals surface area (Å²) in [6, 6.07) is 1.96. The van der Waals surface area contributed by atoms with Gasteiger partial charge in [0.05, 0.1) is 17.8 Å². The van der Waals surface area contributed by atoms with Crippen LogP contribution in [0.3, 0.4) is 0 Å². The molecule has 3 aliphatic heterocycles. The van der Waals surface area contributed by atoms with Crippen LogP contribution in [0, 0.1) is 17.3 Å². The molecule has 0 radical (unpaired) electrons. The number of hydrogen-bond acceptors (Lipinski definition) is 11. The molecule has 0 saturated carbocycles. The van der Waals surface area contributed by atoms with E-state index in [4.69, 9.17) is 18.9 Å². The minimum Gasteiger partial charge on any atom is -0.463 e. The molecule has 1 aromatic heterocycles. The number of cyclic esters (lactones) is 1. The van der Waals surface area contributed by atoms with Gasteiger partial charge in [-0.15, -0.1) is 0 Å². The number of esters is 1. The lowest BCUT2D eigenvalue weighted by atomic mass is 9.74. The summed E-state index contributed by atoms with van der Waals surface area (Å²) in [4.78, 5) is 39.2. The van der Waals surface area contributed by atoms with Crippen LogP contribution in [0.15, 0.2) is 18.5 Å². The molecule has 0 amide bonds. The van der Waals surface area contributed by atoms with Gasteiger partial charge < -0.3 is 29.0 Å². The summed E-state index contributed by atoms with van der Waals surface area (Å²) in [6.45, 7) is 18.1. The van der Waals surface area contributed by atoms with Crippen molar-refractivity contribution in [1.29, 1.82) is 0 Å². The van der Waals surface area contributed by atoms with Gasteiger partial charge in [-0.1, -0.05) is 20.8 Å². The summed E-state index contributed by atoms with van der Waals surface area (Å²) >= 11 is 0. The number of pyridine rings is 1. The summed E-state index contributed by atoms with van der Waals surface area (Å²) in [5, 5.41) is 11.4. The fraction of sp³-hybridized carbons (Fsp3) is 0.816. The van der Waals surface area contributed by atoms with Crippen molar-refractivity contribution in [2.45, 2.75) is 129 Å². The number of ether oxygens (including phenoxy) is 4. The van der Waals surface area contributed by atoms with Gasteiger partial charge in [-0.25, -0.2) is 0 Å². The molecule has 4 heterocycles. The highest BCUT2D eigenvalue weighted by atomic mass is 16.7. The number of carbonyl (C=O) groups is 2. The number of aliphatic hydroxyl groups is 1. The van der Waals surface area contributed by atoms with E-state index >= 15 is 0 Å². The molecule has 49 heavy (non-hydrogen) atoms. The van der Waals surface area contributed by atoms with Crippen LogP contribution in [0.2, 0.25) is 0 Å². The molecule has 4 rings (SSSR count). The predicted molar refractivity (Wildman–Crippen MR) is 189 cm³/mol. The zero-order valence-electron chi connectivity index (χ0n) is 31.8. The Morgan fingerprint density at radius 3 is 2.55 bits per heavy atom. The number of Topliss-reactive ketones (excluding diaryl/α,β-unsaturated/α-hetero) is 1. The standard InChI is InChI=1S/C38H64N4O7/c1-11-42-22-25(2)20-38(7,46-10)34(49-35-32(43)31(40(8)9)19-26(3)48-35)27(4)33(44)37(5,6)36(45)47-24-30(42)13-12-17-41-18-15-28-21-39-16-14-29(28)23-41/h14,16,21,25-27,30-32,34-35,43H,11-13,15,17-20,22-24H2,1-10H3/t25-,26-,27+,30+,31+,32-,34-,35+,38-/m1/s1. The van der Waals surface area contributed by atoms with Crippen LogP contribution in [0.25, 0.3) is 0 Å². The number of ketones is 1. The molecule has 278 valence electrons. The van der Waals surface area contributed by atoms with Crippen molar-refractivity contribution in [3.8, 4) is 0 Å². The first kappa shape index (κ1) is 39.8. The highest BCUT2D eigenvalue weighted by Crippen LogP contribution is 2.38. The van der Waals surface area contributed by atoms with E-state index in [1.165, 1.54) is 11.1 Å². The second-order valence-corrected chi connectivity index (χ2v) is 15.9. The minimum atomic E-state index is -1.42. The average molecular weight is 689 g/mol. The molecular formula is C38H64N4O7. The van der Waals surface area contributed by atoms with Crippen molar-refractivity contribution in [3.05, 3.63) is 29.6 Å². The van der Waals surface area contributed by atoms with Crippen molar-refractivity contribution < 1.29 is 33.6 Å². The molecule has 1 aromatic rings. The Kier molecular flexibility index (Phi) is 13.8. The zero-order valence-corrected chi connectivity index (χ0v) is 31.8. The van der Waals surface area contributed by atoms with E-state index in [0.29, 0.717) is 12.8 Å². The first-order valence-electron chi connectivity index (χ1n) is 18.4. The smallest absolute Gasteiger partial charge is 0.319 e. The van der Waals surface area contributed by atoms with E-state index in [0.717, 1.165) is 52.0 Å². The maximum absolute atomic E-state index is 14.3. The summed E-state index contributed by atoms with van der Waals surface area (Å²) in [5.41, 5.74) is 0.347. The van der Waals surface area contributed by atoms with E-state index in [9.17, 15) is 14.7 Å². The van der Waals surface area contributed by atoms with Crippen LogP contribution in [0.4, 0.5) is 0 Å². The molecule has 9 atom stereocenters. The maximum Gasteiger partial charge on any atom is 0.319 e. The first-order valence-corrected chi connectivity index (χ1v) is 18.4. The Morgan fingerprint density at radius 2 is 1.88 bits per heavy atom. The highest BCUT2D eigenvalue weighted by Gasteiger charge is 2.51. The Balaban J connectivity index is 1.56. The SMILES string of the molecule is CCN1C[C@H](C)C[C@@](C)(OC)[C@H](O[C@@H]2O[C@H](C)C[C@H](N(C)C)[C@H]2O)[C@@H](C)C(=O)C(C)(C)C(=O)OC[C@@H]1CCCN1CCc2cnccc2C1. The first-order chi connectivity index (χ1) is 23.1. The molecule has 0 bridgehead atoms. The lowest BCUT2D eigenvalue weighted by Crippen LogP contribution is -2.59. The molecule has 11 nitrogen and oxygen atoms in total. The lowest BCUT2D eigenvalue weighted by molar-refractivity contribution is -0.295. The van der Waals surface area contributed by atoms with E-state index in [1.807, 2.05) is 45.2 Å². The summed E-state index contributed by atoms with van der Waals surface area (Å²) in [6.07, 6.45) is 5.10. The van der Waals surface area contributed by atoms with Gasteiger partial charge in [-0.3, -0.25) is 24.4 Å². The van der Waals surface area contributed by atoms with Gasteiger partial charge >= 0.3 is 5.97 Å². The van der Waals surface area contributed by atoms with Crippen LogP contribution in [0.1, 0.15) is 85.3 Å². The van der Waals surface area contributed by atoms with E-state index in [2.05, 4.69) is 34.7 Å². The third kappa shape index (κ3) is 9.47. The number of methoxy groups -OCH3 is 1. The number of aromatic nitrogens is 1. The van der Waals surface area contributed by atoms with E-state index in [1.54, 1.807) is 27.9 Å². The Hall–Kier alpha value is -1.99. The summed E-state index contributed by atoms with van der Waals surface area (Å²) in [7, 11) is 5.51. The van der Waals surface area contributed by atoms with Gasteiger partial charge in [0.25, 0.3) is 0 Å². The fourth-order valence-corrected chi connectivity index (χ4v) is 8.30. The lowest BCUT2D eigenvalue weighted by Gasteiger charge is -2.47. The number of aliphatic hydroxyl groups excluding tert-OH is 1. The monoisotopic (exact) mass is 688 g/mol. The number of likely N-dealkylation sites (N-methyl/N-ethyl adjacent to an activating group) is 2. The topological polar surface area (TPSA) is 114 Å². The average Bonchev–Trinajstić information content (AvgIpc) is 3.07. The summed E-state index contributed by atoms with van der Waals surface area (Å²) < 4.78 is 25.2. The van der Waals surface area contributed by atoms with Crippen LogP contribution in [-0.4, -0.2) is 133 Å². The third-order valence-corrected chi connectivity index (χ3v) is 11.4. The normalized spacial score (nSPS) is 35.6. The van der Waals surface area contributed by atoms with Crippen molar-refractivity contribution in [1.82, 2.24) is 19.7 Å². The summed E-state index contributed by atoms with van der Waals surface area (Å²) in [5.74, 6) is -1.42. The number of hydrogen-bond donors (Lipinski definition) is 1. The van der Waals surface area contributed by atoms with Gasteiger partial charge in [-0.05, 0) is 110 Å². The van der Waals surface area contributed by atoms with Crippen LogP contribution in [0.5, 0.6) is 0 Å². The van der Waals surface area contributed by atoms with Crippen molar-refractivity contribution in [2.75, 3.05) is 54.0 Å². The third-order valence-electron chi connectivity index (χ3n) is 11.4. The van der Waals surface area contributed by atoms with Gasteiger partial charge in [0, 0.05) is 57.1 Å². The molecule has 0 spiro atoms. The van der Waals surface area contributed by atoms with Crippen molar-refractivity contribution in [2.24, 2.45) is 17.3 Å². The molecule has 2 saturated heterocycles. The molecule has 0 aromatic carbocycles. The van der Waals surface area contributed by atoms with Gasteiger partial charge in [0.15, 0.2) is 12.1 Å². The minimum absolute atomic E-state index is 0.0119. The number of nitrogens with zero attached hydrogens (tertiary/aromatic N) is 4. The maximum atomic E-state index is 14.3.